The summed E-state index contributed by atoms with van der Waals surface area (Å²) in [5.41, 5.74) is 2.77. The number of benzene rings is 1. The van der Waals surface area contributed by atoms with Crippen molar-refractivity contribution in [1.82, 2.24) is 14.7 Å². The number of aryl methyl sites for hydroxylation is 3. The molecule has 0 aliphatic carbocycles. The molecular formula is C17H20N4O3. The second-order valence-electron chi connectivity index (χ2n) is 5.64. The quantitative estimate of drug-likeness (QED) is 0.778. The second kappa shape index (κ2) is 6.35. The van der Waals surface area contributed by atoms with Crippen LogP contribution in [0.3, 0.4) is 0 Å². The van der Waals surface area contributed by atoms with Gasteiger partial charge in [-0.3, -0.25) is 4.79 Å². The molecule has 1 N–H and O–H groups in total. The Morgan fingerprint density at radius 1 is 1.42 bits per heavy atom. The fourth-order valence-corrected chi connectivity index (χ4v) is 2.78. The van der Waals surface area contributed by atoms with Gasteiger partial charge in [0, 0.05) is 25.8 Å². The van der Waals surface area contributed by atoms with E-state index in [1.54, 1.807) is 0 Å². The normalized spacial score (nSPS) is 11.0. The van der Waals surface area contributed by atoms with E-state index in [0.29, 0.717) is 29.7 Å². The maximum Gasteiger partial charge on any atom is 0.226 e. The Morgan fingerprint density at radius 3 is 2.88 bits per heavy atom. The average molecular weight is 328 g/mol. The lowest BCUT2D eigenvalue weighted by atomic mass is 10.1. The highest BCUT2D eigenvalue weighted by atomic mass is 16.5. The summed E-state index contributed by atoms with van der Waals surface area (Å²) >= 11 is 0. The van der Waals surface area contributed by atoms with Gasteiger partial charge >= 0.3 is 0 Å². The fraction of sp³-hybridized carbons (Fsp3) is 0.353. The van der Waals surface area contributed by atoms with Crippen molar-refractivity contribution in [1.29, 1.82) is 0 Å². The zero-order valence-corrected chi connectivity index (χ0v) is 14.2. The van der Waals surface area contributed by atoms with Crippen LogP contribution in [0.25, 0.3) is 10.9 Å². The Kier molecular flexibility index (Phi) is 4.24. The van der Waals surface area contributed by atoms with Crippen LogP contribution in [0.15, 0.2) is 22.7 Å². The van der Waals surface area contributed by atoms with Gasteiger partial charge in [0.2, 0.25) is 23.5 Å². The number of ether oxygens (including phenoxy) is 1. The van der Waals surface area contributed by atoms with Crippen molar-refractivity contribution in [2.24, 2.45) is 7.05 Å². The lowest BCUT2D eigenvalue weighted by Gasteiger charge is -2.09. The third-order valence-corrected chi connectivity index (χ3v) is 3.81. The van der Waals surface area contributed by atoms with E-state index in [-0.39, 0.29) is 12.5 Å². The summed E-state index contributed by atoms with van der Waals surface area (Å²) in [5, 5.41) is 7.69. The molecule has 1 aromatic carbocycles. The van der Waals surface area contributed by atoms with Crippen LogP contribution < -0.4 is 10.1 Å². The van der Waals surface area contributed by atoms with E-state index in [2.05, 4.69) is 15.5 Å². The number of para-hydroxylation sites is 1. The largest absolute Gasteiger partial charge is 0.469 e. The van der Waals surface area contributed by atoms with Crippen molar-refractivity contribution < 1.29 is 14.1 Å². The van der Waals surface area contributed by atoms with Gasteiger partial charge in [-0.1, -0.05) is 30.3 Å². The third-order valence-electron chi connectivity index (χ3n) is 3.81. The average Bonchev–Trinajstić information content (AvgIpc) is 3.10. The number of nitrogens with zero attached hydrogens (tertiary/aromatic N) is 3. The lowest BCUT2D eigenvalue weighted by Crippen LogP contribution is -2.09. The number of rotatable bonds is 5. The van der Waals surface area contributed by atoms with Crippen molar-refractivity contribution in [3.8, 4) is 5.88 Å². The molecule has 24 heavy (non-hydrogen) atoms. The maximum atomic E-state index is 11.6. The van der Waals surface area contributed by atoms with Gasteiger partial charge < -0.3 is 19.1 Å². The Morgan fingerprint density at radius 2 is 2.21 bits per heavy atom. The number of aromatic nitrogens is 3. The summed E-state index contributed by atoms with van der Waals surface area (Å²) in [5.74, 6) is 1.46. The van der Waals surface area contributed by atoms with Gasteiger partial charge in [0.1, 0.15) is 5.69 Å². The van der Waals surface area contributed by atoms with Gasteiger partial charge in [-0.2, -0.15) is 4.98 Å². The molecule has 2 heterocycles. The maximum absolute atomic E-state index is 11.6. The molecule has 0 saturated carbocycles. The summed E-state index contributed by atoms with van der Waals surface area (Å²) in [6.07, 6.45) is 0.678. The predicted octanol–water partition coefficient (Wildman–Crippen LogP) is 2.97. The monoisotopic (exact) mass is 328 g/mol. The van der Waals surface area contributed by atoms with Gasteiger partial charge in [0.25, 0.3) is 0 Å². The first-order valence-corrected chi connectivity index (χ1v) is 7.81. The second-order valence-corrected chi connectivity index (χ2v) is 5.64. The van der Waals surface area contributed by atoms with E-state index in [0.717, 1.165) is 16.5 Å². The molecule has 7 heteroatoms. The van der Waals surface area contributed by atoms with Crippen molar-refractivity contribution >= 4 is 22.5 Å². The van der Waals surface area contributed by atoms with Gasteiger partial charge in [-0.25, -0.2) is 0 Å². The fourth-order valence-electron chi connectivity index (χ4n) is 2.78. The smallest absolute Gasteiger partial charge is 0.226 e. The molecule has 2 aromatic heterocycles. The minimum absolute atomic E-state index is 0.151. The standard InChI is InChI=1S/C17H20N4O3/c1-5-14-19-13(20-24-14)9-23-17-15(18-11(3)22)12-8-6-7-10(2)16(12)21(17)4/h6-8H,5,9H2,1-4H3,(H,18,22). The van der Waals surface area contributed by atoms with Crippen molar-refractivity contribution in [3.63, 3.8) is 0 Å². The SMILES string of the molecule is CCc1nc(COc2c(NC(C)=O)c3cccc(C)c3n2C)no1. The topological polar surface area (TPSA) is 82.2 Å². The van der Waals surface area contributed by atoms with Crippen LogP contribution in [-0.4, -0.2) is 20.6 Å². The van der Waals surface area contributed by atoms with Crippen LogP contribution in [0.1, 0.15) is 31.1 Å². The summed E-state index contributed by atoms with van der Waals surface area (Å²) < 4.78 is 12.9. The first-order chi connectivity index (χ1) is 11.5. The van der Waals surface area contributed by atoms with Gasteiger partial charge in [0.15, 0.2) is 6.61 Å². The summed E-state index contributed by atoms with van der Waals surface area (Å²) in [4.78, 5) is 15.8. The minimum atomic E-state index is -0.151. The number of nitrogens with one attached hydrogen (secondary N) is 1. The number of amides is 1. The molecule has 0 fully saturated rings. The Labute approximate surface area is 139 Å². The molecule has 1 amide bonds. The summed E-state index contributed by atoms with van der Waals surface area (Å²) in [6.45, 7) is 5.61. The third kappa shape index (κ3) is 2.84. The number of hydrogen-bond donors (Lipinski definition) is 1. The van der Waals surface area contributed by atoms with E-state index in [4.69, 9.17) is 9.26 Å². The summed E-state index contributed by atoms with van der Waals surface area (Å²) in [6, 6.07) is 5.94. The molecule has 0 spiro atoms. The molecule has 0 atom stereocenters. The molecule has 0 aliphatic heterocycles. The minimum Gasteiger partial charge on any atom is -0.469 e. The van der Waals surface area contributed by atoms with Gasteiger partial charge in [-0.05, 0) is 12.5 Å². The molecule has 0 unspecified atom stereocenters. The zero-order valence-electron chi connectivity index (χ0n) is 14.2. The molecule has 3 rings (SSSR count). The Hall–Kier alpha value is -2.83. The molecule has 0 saturated heterocycles. The first kappa shape index (κ1) is 16.0. The van der Waals surface area contributed by atoms with Crippen molar-refractivity contribution in [2.75, 3.05) is 5.32 Å². The van der Waals surface area contributed by atoms with E-state index in [1.807, 2.05) is 43.7 Å². The number of fused-ring (bicyclic) bond motifs is 1. The molecule has 0 bridgehead atoms. The van der Waals surface area contributed by atoms with E-state index < -0.39 is 0 Å². The van der Waals surface area contributed by atoms with Crippen molar-refractivity contribution in [2.45, 2.75) is 33.8 Å². The molecule has 0 aliphatic rings. The Balaban J connectivity index is 2.00. The highest BCUT2D eigenvalue weighted by molar-refractivity contribution is 6.05. The number of anilines is 1. The summed E-state index contributed by atoms with van der Waals surface area (Å²) in [7, 11) is 1.91. The number of carbonyl (C=O) groups excluding carboxylic acids is 1. The van der Waals surface area contributed by atoms with Crippen LogP contribution in [0.2, 0.25) is 0 Å². The van der Waals surface area contributed by atoms with Crippen LogP contribution in [0.5, 0.6) is 5.88 Å². The van der Waals surface area contributed by atoms with Crippen molar-refractivity contribution in [3.05, 3.63) is 35.5 Å². The molecular weight excluding hydrogens is 308 g/mol. The zero-order chi connectivity index (χ0) is 17.3. The van der Waals surface area contributed by atoms with Gasteiger partial charge in [-0.15, -0.1) is 0 Å². The van der Waals surface area contributed by atoms with E-state index in [9.17, 15) is 4.79 Å². The van der Waals surface area contributed by atoms with E-state index >= 15 is 0 Å². The Bertz CT molecular complexity index is 895. The number of carbonyl (C=O) groups is 1. The first-order valence-electron chi connectivity index (χ1n) is 7.81. The molecule has 7 nitrogen and oxygen atoms in total. The molecule has 0 radical (unpaired) electrons. The predicted molar refractivity (Wildman–Crippen MR) is 90.0 cm³/mol. The highest BCUT2D eigenvalue weighted by Crippen LogP contribution is 2.38. The van der Waals surface area contributed by atoms with Crippen LogP contribution in [0.4, 0.5) is 5.69 Å². The van der Waals surface area contributed by atoms with Crippen LogP contribution >= 0.6 is 0 Å². The molecule has 3 aromatic rings. The lowest BCUT2D eigenvalue weighted by molar-refractivity contribution is -0.114. The van der Waals surface area contributed by atoms with Gasteiger partial charge in [0.05, 0.1) is 5.52 Å². The number of hydrogen-bond acceptors (Lipinski definition) is 5. The van der Waals surface area contributed by atoms with Crippen LogP contribution in [-0.2, 0) is 24.9 Å². The molecule has 126 valence electrons. The van der Waals surface area contributed by atoms with Crippen LogP contribution in [0, 0.1) is 6.92 Å². The van der Waals surface area contributed by atoms with E-state index in [1.165, 1.54) is 6.92 Å². The highest BCUT2D eigenvalue weighted by Gasteiger charge is 2.19.